The summed E-state index contributed by atoms with van der Waals surface area (Å²) in [5, 5.41) is 0. The zero-order valence-corrected chi connectivity index (χ0v) is 10.2. The van der Waals surface area contributed by atoms with Crippen LogP contribution >= 0.6 is 0 Å². The van der Waals surface area contributed by atoms with E-state index in [0.29, 0.717) is 12.8 Å². The maximum absolute atomic E-state index is 11.6. The number of rotatable bonds is 6. The van der Waals surface area contributed by atoms with Crippen molar-refractivity contribution in [3.63, 3.8) is 0 Å². The summed E-state index contributed by atoms with van der Waals surface area (Å²) >= 11 is 0. The number of Topliss-reactive ketones (excluding diaryl/α,β-unsaturated/α-hetero) is 1. The van der Waals surface area contributed by atoms with Crippen molar-refractivity contribution in [2.75, 3.05) is 7.11 Å². The van der Waals surface area contributed by atoms with Gasteiger partial charge in [-0.05, 0) is 24.8 Å². The maximum atomic E-state index is 11.6. The number of ketones is 1. The van der Waals surface area contributed by atoms with E-state index in [1.165, 1.54) is 7.11 Å². The van der Waals surface area contributed by atoms with Gasteiger partial charge in [0.15, 0.2) is 5.78 Å². The summed E-state index contributed by atoms with van der Waals surface area (Å²) in [6.07, 6.45) is 5.78. The van der Waals surface area contributed by atoms with Gasteiger partial charge in [-0.3, -0.25) is 9.59 Å². The molecule has 1 rings (SSSR count). The predicted molar refractivity (Wildman–Crippen MR) is 64.2 cm³/mol. The van der Waals surface area contributed by atoms with Gasteiger partial charge >= 0.3 is 5.97 Å². The van der Waals surface area contributed by atoms with Crippen molar-refractivity contribution in [3.8, 4) is 0 Å². The minimum Gasteiger partial charge on any atom is -0.469 e. The molecule has 0 spiro atoms. The Kier molecular flexibility index (Phi) is 5.23. The van der Waals surface area contributed by atoms with E-state index < -0.39 is 0 Å². The minimum atomic E-state index is -0.238. The third-order valence-electron chi connectivity index (χ3n) is 3.03. The summed E-state index contributed by atoms with van der Waals surface area (Å²) in [6, 6.07) is 0. The van der Waals surface area contributed by atoms with Crippen LogP contribution in [0.3, 0.4) is 0 Å². The van der Waals surface area contributed by atoms with Gasteiger partial charge in [0.25, 0.3) is 0 Å². The molecule has 0 aliphatic heterocycles. The van der Waals surface area contributed by atoms with Gasteiger partial charge in [0.1, 0.15) is 0 Å². The van der Waals surface area contributed by atoms with Gasteiger partial charge in [-0.15, -0.1) is 0 Å². The molecule has 0 amide bonds. The van der Waals surface area contributed by atoms with Crippen LogP contribution < -0.4 is 0 Å². The van der Waals surface area contributed by atoms with Gasteiger partial charge in [0.2, 0.25) is 0 Å². The summed E-state index contributed by atoms with van der Waals surface area (Å²) in [4.78, 5) is 22.8. The quantitative estimate of drug-likeness (QED) is 0.517. The molecule has 0 radical (unpaired) electrons. The third-order valence-corrected chi connectivity index (χ3v) is 3.03. The Balaban J connectivity index is 0.00000256. The molecule has 1 aliphatic rings. The Bertz CT molecular complexity index is 308. The first kappa shape index (κ1) is 12.9. The second-order valence-corrected chi connectivity index (χ2v) is 4.22. The number of hydrogen-bond donors (Lipinski definition) is 0. The van der Waals surface area contributed by atoms with Crippen molar-refractivity contribution in [3.05, 3.63) is 11.1 Å². The fraction of sp³-hybridized carbons (Fsp3) is 0.692. The smallest absolute Gasteiger partial charge is 0.309 e. The standard InChI is InChI=1S/C13H20O3.H2/c1-3-4-5-6-11-10(7-8-12(11)14)9-13(15)16-2;/h3-9H2,1-2H3;1H/i;1+1. The molecule has 0 saturated carbocycles. The van der Waals surface area contributed by atoms with E-state index in [0.717, 1.165) is 43.3 Å². The Morgan fingerprint density at radius 2 is 2.12 bits per heavy atom. The van der Waals surface area contributed by atoms with Crippen molar-refractivity contribution in [1.29, 1.82) is 0 Å². The number of methoxy groups -OCH3 is 1. The zero-order valence-electron chi connectivity index (χ0n) is 10.2. The highest BCUT2D eigenvalue weighted by Gasteiger charge is 2.23. The number of carbonyl (C=O) groups is 2. The Labute approximate surface area is 98.3 Å². The van der Waals surface area contributed by atoms with Crippen LogP contribution in [0.4, 0.5) is 0 Å². The Morgan fingerprint density at radius 3 is 2.75 bits per heavy atom. The van der Waals surface area contributed by atoms with E-state index >= 15 is 0 Å². The monoisotopic (exact) mass is 227 g/mol. The average molecular weight is 227 g/mol. The van der Waals surface area contributed by atoms with Crippen molar-refractivity contribution in [1.82, 2.24) is 0 Å². The molecule has 0 aromatic carbocycles. The largest absolute Gasteiger partial charge is 0.469 e. The van der Waals surface area contributed by atoms with E-state index in [9.17, 15) is 9.59 Å². The second kappa shape index (κ2) is 6.46. The van der Waals surface area contributed by atoms with Crippen LogP contribution in [0.1, 0.15) is 53.3 Å². The van der Waals surface area contributed by atoms with Gasteiger partial charge in [0, 0.05) is 7.85 Å². The van der Waals surface area contributed by atoms with Gasteiger partial charge in [-0.2, -0.15) is 0 Å². The molecule has 0 saturated heterocycles. The zero-order chi connectivity index (χ0) is 12.0. The van der Waals surface area contributed by atoms with Crippen LogP contribution in [0.5, 0.6) is 0 Å². The van der Waals surface area contributed by atoms with E-state index in [1.807, 2.05) is 0 Å². The molecule has 1 aliphatic carbocycles. The number of hydrogen-bond acceptors (Lipinski definition) is 3. The summed E-state index contributed by atoms with van der Waals surface area (Å²) in [5.41, 5.74) is 1.91. The Morgan fingerprint density at radius 1 is 1.38 bits per heavy atom. The first-order chi connectivity index (χ1) is 7.69. The Hall–Kier alpha value is -1.12. The highest BCUT2D eigenvalue weighted by molar-refractivity contribution is 5.99. The lowest BCUT2D eigenvalue weighted by atomic mass is 10.0. The lowest BCUT2D eigenvalue weighted by Gasteiger charge is -2.05. The first-order valence-electron chi connectivity index (χ1n) is 6.00. The minimum absolute atomic E-state index is 0. The SMILES string of the molecule is CCCCCC1=C(CC(=O)OC)CCC1=O.[2HH]. The van der Waals surface area contributed by atoms with Crippen LogP contribution in [0.2, 0.25) is 0 Å². The molecule has 0 heterocycles. The summed E-state index contributed by atoms with van der Waals surface area (Å²) < 4.78 is 4.64. The van der Waals surface area contributed by atoms with Crippen LogP contribution in [0, 0.1) is 0 Å². The molecule has 0 atom stereocenters. The fourth-order valence-corrected chi connectivity index (χ4v) is 2.07. The summed E-state index contributed by atoms with van der Waals surface area (Å²) in [6.45, 7) is 2.14. The third kappa shape index (κ3) is 3.47. The van der Waals surface area contributed by atoms with Crippen LogP contribution in [-0.4, -0.2) is 18.9 Å². The molecule has 3 nitrogen and oxygen atoms in total. The molecule has 0 fully saturated rings. The van der Waals surface area contributed by atoms with Crippen molar-refractivity contribution in [2.45, 2.75) is 51.9 Å². The lowest BCUT2D eigenvalue weighted by molar-refractivity contribution is -0.139. The molecule has 92 valence electrons. The van der Waals surface area contributed by atoms with E-state index in [-0.39, 0.29) is 13.2 Å². The molecule has 16 heavy (non-hydrogen) atoms. The molecule has 3 heteroatoms. The number of esters is 1. The predicted octanol–water partition coefficient (Wildman–Crippen LogP) is 3.04. The normalized spacial score (nSPS) is 15.8. The van der Waals surface area contributed by atoms with Crippen LogP contribution in [0.25, 0.3) is 0 Å². The van der Waals surface area contributed by atoms with Gasteiger partial charge in [-0.25, -0.2) is 0 Å². The maximum Gasteiger partial charge on any atom is 0.309 e. The summed E-state index contributed by atoms with van der Waals surface area (Å²) in [5.74, 6) is -0.00676. The molecular formula is C13H22O3. The number of carbonyl (C=O) groups excluding carboxylic acids is 2. The van der Waals surface area contributed by atoms with E-state index in [4.69, 9.17) is 0 Å². The summed E-state index contributed by atoms with van der Waals surface area (Å²) in [7, 11) is 1.39. The average Bonchev–Trinajstić information content (AvgIpc) is 2.61. The fourth-order valence-electron chi connectivity index (χ4n) is 2.07. The molecule has 0 unspecified atom stereocenters. The van der Waals surface area contributed by atoms with Crippen LogP contribution in [0.15, 0.2) is 11.1 Å². The molecular weight excluding hydrogens is 204 g/mol. The lowest BCUT2D eigenvalue weighted by Crippen LogP contribution is -2.03. The van der Waals surface area contributed by atoms with Gasteiger partial charge < -0.3 is 4.74 Å². The molecule has 0 aromatic rings. The molecule has 0 bridgehead atoms. The highest BCUT2D eigenvalue weighted by atomic mass is 16.5. The molecule has 0 N–H and O–H groups in total. The first-order valence-corrected chi connectivity index (χ1v) is 6.00. The van der Waals surface area contributed by atoms with Crippen molar-refractivity contribution < 1.29 is 15.8 Å². The number of unbranched alkanes of at least 4 members (excludes halogenated alkanes) is 2. The topological polar surface area (TPSA) is 43.4 Å². The van der Waals surface area contributed by atoms with Crippen molar-refractivity contribution in [2.24, 2.45) is 0 Å². The van der Waals surface area contributed by atoms with E-state index in [1.54, 1.807) is 0 Å². The van der Waals surface area contributed by atoms with Crippen molar-refractivity contribution >= 4 is 11.8 Å². The number of ether oxygens (including phenoxy) is 1. The van der Waals surface area contributed by atoms with Gasteiger partial charge in [-0.1, -0.05) is 25.3 Å². The van der Waals surface area contributed by atoms with Crippen LogP contribution in [-0.2, 0) is 14.3 Å². The second-order valence-electron chi connectivity index (χ2n) is 4.22. The van der Waals surface area contributed by atoms with E-state index in [2.05, 4.69) is 11.7 Å². The highest BCUT2D eigenvalue weighted by Crippen LogP contribution is 2.29. The van der Waals surface area contributed by atoms with Gasteiger partial charge in [0.05, 0.1) is 13.5 Å². The molecule has 0 aromatic heterocycles. The number of allylic oxidation sites excluding steroid dienone is 1.